The third kappa shape index (κ3) is 6.23. The summed E-state index contributed by atoms with van der Waals surface area (Å²) in [5.74, 6) is 1.09. The Labute approximate surface area is 226 Å². The van der Waals surface area contributed by atoms with Crippen LogP contribution in [0.15, 0.2) is 42.5 Å². The van der Waals surface area contributed by atoms with Crippen LogP contribution in [0.4, 0.5) is 0 Å². The van der Waals surface area contributed by atoms with Crippen molar-refractivity contribution in [2.24, 2.45) is 17.6 Å². The van der Waals surface area contributed by atoms with Crippen molar-refractivity contribution >= 4 is 5.91 Å². The number of unbranched alkanes of at least 4 members (excludes halogenated alkanes) is 1. The normalized spacial score (nSPS) is 25.3. The van der Waals surface area contributed by atoms with Gasteiger partial charge in [-0.1, -0.05) is 36.4 Å². The molecule has 0 aromatic heterocycles. The minimum absolute atomic E-state index is 0.0454. The van der Waals surface area contributed by atoms with Crippen LogP contribution in [0.3, 0.4) is 0 Å². The lowest BCUT2D eigenvalue weighted by Gasteiger charge is -2.44. The number of rotatable bonds is 10. The SMILES string of the molecule is COCCCCC(O)(c1cccc(C)c1Oc1ccccc1C)C1CCCN(C(=O)C2CC(N)C(O)C2)C1. The summed E-state index contributed by atoms with van der Waals surface area (Å²) in [4.78, 5) is 15.3. The van der Waals surface area contributed by atoms with Crippen LogP contribution in [-0.4, -0.2) is 60.0 Å². The molecule has 1 heterocycles. The molecule has 0 spiro atoms. The number of methoxy groups -OCH3 is 1. The van der Waals surface area contributed by atoms with Gasteiger partial charge in [-0.2, -0.15) is 0 Å². The van der Waals surface area contributed by atoms with Crippen molar-refractivity contribution in [1.82, 2.24) is 4.90 Å². The molecule has 2 aliphatic rings. The summed E-state index contributed by atoms with van der Waals surface area (Å²) in [6.45, 7) is 5.79. The van der Waals surface area contributed by atoms with E-state index in [2.05, 4.69) is 0 Å². The Morgan fingerprint density at radius 1 is 1.11 bits per heavy atom. The summed E-state index contributed by atoms with van der Waals surface area (Å²) in [5, 5.41) is 22.7. The predicted octanol–water partition coefficient (Wildman–Crippen LogP) is 4.44. The van der Waals surface area contributed by atoms with Gasteiger partial charge in [-0.3, -0.25) is 4.79 Å². The number of aliphatic hydroxyl groups excluding tert-OH is 1. The van der Waals surface area contributed by atoms with Crippen LogP contribution in [-0.2, 0) is 15.1 Å². The Balaban J connectivity index is 1.65. The van der Waals surface area contributed by atoms with E-state index < -0.39 is 11.7 Å². The molecule has 208 valence electrons. The van der Waals surface area contributed by atoms with E-state index in [9.17, 15) is 15.0 Å². The summed E-state index contributed by atoms with van der Waals surface area (Å²) in [7, 11) is 1.69. The fourth-order valence-electron chi connectivity index (χ4n) is 6.18. The van der Waals surface area contributed by atoms with Crippen LogP contribution in [0.5, 0.6) is 11.5 Å². The summed E-state index contributed by atoms with van der Waals surface area (Å²) in [6.07, 6.45) is 4.10. The van der Waals surface area contributed by atoms with Gasteiger partial charge in [0.1, 0.15) is 11.5 Å². The molecule has 4 N–H and O–H groups in total. The standard InChI is InChI=1S/C31H44N2O5/c1-21-10-4-5-14-28(21)38-29-22(2)11-8-13-25(29)31(36,15-6-7-17-37-3)24-12-9-16-33(20-24)30(35)23-18-26(32)27(34)19-23/h4-5,8,10-11,13-14,23-24,26-27,34,36H,6-7,9,12,15-20,32H2,1-3H3. The largest absolute Gasteiger partial charge is 0.456 e. The maximum absolute atomic E-state index is 13.4. The number of hydrogen-bond acceptors (Lipinski definition) is 6. The van der Waals surface area contributed by atoms with E-state index in [0.717, 1.165) is 48.1 Å². The van der Waals surface area contributed by atoms with E-state index in [-0.39, 0.29) is 23.8 Å². The number of ether oxygens (including phenoxy) is 2. The van der Waals surface area contributed by atoms with Crippen molar-refractivity contribution in [1.29, 1.82) is 0 Å². The number of likely N-dealkylation sites (tertiary alicyclic amines) is 1. The first kappa shape index (κ1) is 28.6. The zero-order valence-electron chi connectivity index (χ0n) is 23.1. The maximum Gasteiger partial charge on any atom is 0.225 e. The number of hydrogen-bond donors (Lipinski definition) is 3. The molecule has 7 nitrogen and oxygen atoms in total. The van der Waals surface area contributed by atoms with Gasteiger partial charge in [0.05, 0.1) is 11.7 Å². The summed E-state index contributed by atoms with van der Waals surface area (Å²) in [6, 6.07) is 13.5. The van der Waals surface area contributed by atoms with Gasteiger partial charge in [0.2, 0.25) is 5.91 Å². The number of amides is 1. The summed E-state index contributed by atoms with van der Waals surface area (Å²) < 4.78 is 11.8. The number of aryl methyl sites for hydroxylation is 2. The van der Waals surface area contributed by atoms with Crippen LogP contribution in [0.2, 0.25) is 0 Å². The number of para-hydroxylation sites is 2. The molecule has 0 radical (unpaired) electrons. The lowest BCUT2D eigenvalue weighted by molar-refractivity contribution is -0.141. The molecule has 1 aliphatic carbocycles. The van der Waals surface area contributed by atoms with Gasteiger partial charge in [0, 0.05) is 50.2 Å². The molecule has 5 atom stereocenters. The van der Waals surface area contributed by atoms with Gasteiger partial charge in [-0.25, -0.2) is 0 Å². The third-order valence-corrected chi connectivity index (χ3v) is 8.47. The topological polar surface area (TPSA) is 105 Å². The van der Waals surface area contributed by atoms with E-state index in [1.54, 1.807) is 7.11 Å². The molecule has 2 aromatic rings. The third-order valence-electron chi connectivity index (χ3n) is 8.47. The predicted molar refractivity (Wildman–Crippen MR) is 148 cm³/mol. The second-order valence-electron chi connectivity index (χ2n) is 11.2. The molecule has 4 rings (SSSR count). The van der Waals surface area contributed by atoms with E-state index in [0.29, 0.717) is 44.7 Å². The van der Waals surface area contributed by atoms with Crippen molar-refractivity contribution in [3.63, 3.8) is 0 Å². The van der Waals surface area contributed by atoms with Gasteiger partial charge < -0.3 is 30.3 Å². The van der Waals surface area contributed by atoms with Crippen LogP contribution in [0, 0.1) is 25.7 Å². The number of carbonyl (C=O) groups is 1. The van der Waals surface area contributed by atoms with Gasteiger partial charge in [-0.15, -0.1) is 0 Å². The van der Waals surface area contributed by atoms with Crippen molar-refractivity contribution in [3.05, 3.63) is 59.2 Å². The number of carbonyl (C=O) groups excluding carboxylic acids is 1. The molecule has 0 bridgehead atoms. The second-order valence-corrected chi connectivity index (χ2v) is 11.2. The Bertz CT molecular complexity index is 1080. The van der Waals surface area contributed by atoms with Gasteiger partial charge in [0.25, 0.3) is 0 Å². The number of piperidine rings is 1. The van der Waals surface area contributed by atoms with Gasteiger partial charge >= 0.3 is 0 Å². The van der Waals surface area contributed by atoms with Crippen LogP contribution >= 0.6 is 0 Å². The molecule has 38 heavy (non-hydrogen) atoms. The Hall–Kier alpha value is -2.45. The molecule has 2 aromatic carbocycles. The highest BCUT2D eigenvalue weighted by molar-refractivity contribution is 5.79. The number of benzene rings is 2. The zero-order valence-corrected chi connectivity index (χ0v) is 23.1. The van der Waals surface area contributed by atoms with Gasteiger partial charge in [-0.05, 0) is 76.0 Å². The van der Waals surface area contributed by atoms with E-state index in [4.69, 9.17) is 15.2 Å². The molecule has 2 fully saturated rings. The monoisotopic (exact) mass is 524 g/mol. The first-order chi connectivity index (χ1) is 18.2. The fourth-order valence-corrected chi connectivity index (χ4v) is 6.18. The number of nitrogens with two attached hydrogens (primary N) is 1. The molecule has 1 amide bonds. The fraction of sp³-hybridized carbons (Fsp3) is 0.581. The van der Waals surface area contributed by atoms with Gasteiger partial charge in [0.15, 0.2) is 0 Å². The molecule has 5 unspecified atom stereocenters. The van der Waals surface area contributed by atoms with Crippen molar-refractivity contribution in [2.75, 3.05) is 26.8 Å². The van der Waals surface area contributed by atoms with Crippen LogP contribution < -0.4 is 10.5 Å². The lowest BCUT2D eigenvalue weighted by Crippen LogP contribution is -2.49. The van der Waals surface area contributed by atoms with E-state index >= 15 is 0 Å². The Morgan fingerprint density at radius 3 is 2.58 bits per heavy atom. The minimum atomic E-state index is -1.18. The molecular formula is C31H44N2O5. The van der Waals surface area contributed by atoms with Crippen molar-refractivity contribution in [3.8, 4) is 11.5 Å². The smallest absolute Gasteiger partial charge is 0.225 e. The number of nitrogens with zero attached hydrogens (tertiary/aromatic N) is 1. The average molecular weight is 525 g/mol. The summed E-state index contributed by atoms with van der Waals surface area (Å²) >= 11 is 0. The highest BCUT2D eigenvalue weighted by Crippen LogP contribution is 2.46. The van der Waals surface area contributed by atoms with Crippen LogP contribution in [0.25, 0.3) is 0 Å². The highest BCUT2D eigenvalue weighted by Gasteiger charge is 2.45. The molecule has 1 aliphatic heterocycles. The molecule has 1 saturated carbocycles. The Kier molecular flexibility index (Phi) is 9.47. The molecular weight excluding hydrogens is 480 g/mol. The van der Waals surface area contributed by atoms with Crippen molar-refractivity contribution in [2.45, 2.75) is 76.5 Å². The number of aliphatic hydroxyl groups is 2. The highest BCUT2D eigenvalue weighted by atomic mass is 16.5. The molecule has 1 saturated heterocycles. The first-order valence-corrected chi connectivity index (χ1v) is 14.0. The lowest BCUT2D eigenvalue weighted by atomic mass is 9.73. The van der Waals surface area contributed by atoms with Crippen LogP contribution in [0.1, 0.15) is 61.6 Å². The van der Waals surface area contributed by atoms with E-state index in [1.807, 2.05) is 61.2 Å². The summed E-state index contributed by atoms with van der Waals surface area (Å²) in [5.41, 5.74) is 7.59. The van der Waals surface area contributed by atoms with Crippen molar-refractivity contribution < 1.29 is 24.5 Å². The second kappa shape index (κ2) is 12.6. The molecule has 7 heteroatoms. The maximum atomic E-state index is 13.4. The zero-order chi connectivity index (χ0) is 27.3. The Morgan fingerprint density at radius 2 is 1.87 bits per heavy atom. The quantitative estimate of drug-likeness (QED) is 0.397. The first-order valence-electron chi connectivity index (χ1n) is 14.0. The van der Waals surface area contributed by atoms with E-state index in [1.165, 1.54) is 0 Å². The minimum Gasteiger partial charge on any atom is -0.456 e. The average Bonchev–Trinajstić information content (AvgIpc) is 3.26.